The minimum absolute atomic E-state index is 0.0960. The van der Waals surface area contributed by atoms with Gasteiger partial charge in [0.1, 0.15) is 5.15 Å². The van der Waals surface area contributed by atoms with Gasteiger partial charge in [0, 0.05) is 25.7 Å². The molecule has 1 aliphatic heterocycles. The number of halogens is 1. The standard InChI is InChI=1S/C25H30ClN5O3/c1-14-12-16(15(2)27-18-6-7-19(26)28-21(18)23(33)34)20-17(13-14)22(32)30(5)24(29-20)31-10-8-25(3,4)9-11-31/h6-7,12-13,15,27H,8-11H2,1-5H3,(H,33,34)/t15-/m0/s1. The van der Waals surface area contributed by atoms with Crippen molar-refractivity contribution in [3.05, 3.63) is 56.6 Å². The summed E-state index contributed by atoms with van der Waals surface area (Å²) in [6.07, 6.45) is 2.06. The van der Waals surface area contributed by atoms with Crippen LogP contribution in [0.5, 0.6) is 0 Å². The molecule has 2 aromatic heterocycles. The van der Waals surface area contributed by atoms with Crippen LogP contribution >= 0.6 is 11.6 Å². The fourth-order valence-electron chi connectivity index (χ4n) is 4.49. The maximum atomic E-state index is 13.4. The molecule has 2 N–H and O–H groups in total. The topological polar surface area (TPSA) is 100 Å². The molecule has 0 spiro atoms. The van der Waals surface area contributed by atoms with Crippen LogP contribution in [0.3, 0.4) is 0 Å². The highest BCUT2D eigenvalue weighted by Gasteiger charge is 2.28. The lowest BCUT2D eigenvalue weighted by molar-refractivity contribution is 0.0691. The second kappa shape index (κ2) is 8.91. The van der Waals surface area contributed by atoms with Gasteiger partial charge in [-0.1, -0.05) is 31.5 Å². The SMILES string of the molecule is Cc1cc([C@H](C)Nc2ccc(Cl)nc2C(=O)O)c2nc(N3CCC(C)(C)CC3)n(C)c(=O)c2c1. The first kappa shape index (κ1) is 24.0. The molecule has 0 unspecified atom stereocenters. The highest BCUT2D eigenvalue weighted by molar-refractivity contribution is 6.29. The molecule has 0 radical (unpaired) electrons. The molecule has 1 saturated heterocycles. The lowest BCUT2D eigenvalue weighted by atomic mass is 9.83. The number of hydrogen-bond donors (Lipinski definition) is 2. The maximum Gasteiger partial charge on any atom is 0.356 e. The normalized spacial score (nSPS) is 16.5. The van der Waals surface area contributed by atoms with Crippen molar-refractivity contribution < 1.29 is 9.90 Å². The molecule has 0 saturated carbocycles. The lowest BCUT2D eigenvalue weighted by Gasteiger charge is -2.38. The maximum absolute atomic E-state index is 13.4. The summed E-state index contributed by atoms with van der Waals surface area (Å²) in [4.78, 5) is 36.1. The van der Waals surface area contributed by atoms with Gasteiger partial charge in [-0.3, -0.25) is 9.36 Å². The van der Waals surface area contributed by atoms with E-state index in [4.69, 9.17) is 16.6 Å². The van der Waals surface area contributed by atoms with Crippen molar-refractivity contribution in [1.82, 2.24) is 14.5 Å². The van der Waals surface area contributed by atoms with Crippen LogP contribution in [0.15, 0.2) is 29.1 Å². The van der Waals surface area contributed by atoms with Gasteiger partial charge in [0.2, 0.25) is 5.95 Å². The van der Waals surface area contributed by atoms with Gasteiger partial charge in [-0.2, -0.15) is 0 Å². The van der Waals surface area contributed by atoms with E-state index in [0.717, 1.165) is 37.1 Å². The zero-order valence-corrected chi connectivity index (χ0v) is 20.9. The molecule has 0 bridgehead atoms. The molecule has 1 aliphatic rings. The predicted molar refractivity (Wildman–Crippen MR) is 135 cm³/mol. The number of benzene rings is 1. The van der Waals surface area contributed by atoms with Gasteiger partial charge in [-0.15, -0.1) is 0 Å². The Hall–Kier alpha value is -3.13. The Kier molecular flexibility index (Phi) is 6.29. The summed E-state index contributed by atoms with van der Waals surface area (Å²) in [5, 5.41) is 13.4. The summed E-state index contributed by atoms with van der Waals surface area (Å²) >= 11 is 5.90. The first-order chi connectivity index (χ1) is 16.0. The Morgan fingerprint density at radius 3 is 2.53 bits per heavy atom. The molecule has 1 aromatic carbocycles. The van der Waals surface area contributed by atoms with Crippen molar-refractivity contribution in [2.75, 3.05) is 23.3 Å². The van der Waals surface area contributed by atoms with Gasteiger partial charge >= 0.3 is 5.97 Å². The van der Waals surface area contributed by atoms with E-state index in [1.54, 1.807) is 23.7 Å². The Labute approximate surface area is 203 Å². The Balaban J connectivity index is 1.79. The summed E-state index contributed by atoms with van der Waals surface area (Å²) in [6.45, 7) is 10.1. The number of anilines is 2. The number of aromatic nitrogens is 3. The second-order valence-electron chi connectivity index (χ2n) is 9.88. The van der Waals surface area contributed by atoms with Crippen LogP contribution in [0.2, 0.25) is 5.15 Å². The number of hydrogen-bond acceptors (Lipinski definition) is 6. The predicted octanol–water partition coefficient (Wildman–Crippen LogP) is 4.79. The zero-order valence-electron chi connectivity index (χ0n) is 20.1. The van der Waals surface area contributed by atoms with Crippen molar-refractivity contribution in [3.63, 3.8) is 0 Å². The number of aryl methyl sites for hydroxylation is 1. The monoisotopic (exact) mass is 483 g/mol. The second-order valence-corrected chi connectivity index (χ2v) is 10.3. The first-order valence-corrected chi connectivity index (χ1v) is 11.8. The molecular formula is C25H30ClN5O3. The zero-order chi connectivity index (χ0) is 24.8. The van der Waals surface area contributed by atoms with Crippen LogP contribution in [0.1, 0.15) is 61.3 Å². The van der Waals surface area contributed by atoms with Crippen molar-refractivity contribution >= 4 is 40.1 Å². The average Bonchev–Trinajstić information content (AvgIpc) is 2.77. The lowest BCUT2D eigenvalue weighted by Crippen LogP contribution is -2.40. The minimum Gasteiger partial charge on any atom is -0.476 e. The van der Waals surface area contributed by atoms with Crippen molar-refractivity contribution in [1.29, 1.82) is 0 Å². The molecule has 8 nitrogen and oxygen atoms in total. The number of aromatic carboxylic acids is 1. The van der Waals surface area contributed by atoms with Crippen LogP contribution in [-0.4, -0.2) is 38.7 Å². The molecule has 1 atom stereocenters. The van der Waals surface area contributed by atoms with E-state index in [9.17, 15) is 14.7 Å². The number of carboxylic acids is 1. The molecule has 180 valence electrons. The average molecular weight is 484 g/mol. The number of rotatable bonds is 5. The van der Waals surface area contributed by atoms with Crippen molar-refractivity contribution in [2.24, 2.45) is 12.5 Å². The molecule has 3 aromatic rings. The number of nitrogens with zero attached hydrogens (tertiary/aromatic N) is 4. The molecule has 1 fully saturated rings. The van der Waals surface area contributed by atoms with Crippen molar-refractivity contribution in [2.45, 2.75) is 46.6 Å². The summed E-state index contributed by atoms with van der Waals surface area (Å²) < 4.78 is 1.63. The fourth-order valence-corrected chi connectivity index (χ4v) is 4.64. The Morgan fingerprint density at radius 2 is 1.88 bits per heavy atom. The van der Waals surface area contributed by atoms with E-state index >= 15 is 0 Å². The summed E-state index contributed by atoms with van der Waals surface area (Å²) in [7, 11) is 1.77. The smallest absolute Gasteiger partial charge is 0.356 e. The van der Waals surface area contributed by atoms with E-state index in [-0.39, 0.29) is 27.9 Å². The van der Waals surface area contributed by atoms with Crippen LogP contribution in [0.25, 0.3) is 10.9 Å². The minimum atomic E-state index is -1.17. The van der Waals surface area contributed by atoms with E-state index in [2.05, 4.69) is 29.0 Å². The number of piperidine rings is 1. The van der Waals surface area contributed by atoms with E-state index in [1.807, 2.05) is 26.0 Å². The number of fused-ring (bicyclic) bond motifs is 1. The number of pyridine rings is 1. The first-order valence-electron chi connectivity index (χ1n) is 11.4. The van der Waals surface area contributed by atoms with Gasteiger partial charge in [0.25, 0.3) is 5.56 Å². The third-order valence-electron chi connectivity index (χ3n) is 6.63. The Morgan fingerprint density at radius 1 is 1.21 bits per heavy atom. The highest BCUT2D eigenvalue weighted by Crippen LogP contribution is 2.33. The Bertz CT molecular complexity index is 1320. The molecule has 9 heteroatoms. The van der Waals surface area contributed by atoms with E-state index in [0.29, 0.717) is 22.5 Å². The van der Waals surface area contributed by atoms with Crippen LogP contribution in [0, 0.1) is 12.3 Å². The van der Waals surface area contributed by atoms with E-state index in [1.165, 1.54) is 0 Å². The molecule has 4 rings (SSSR count). The third-order valence-corrected chi connectivity index (χ3v) is 6.84. The van der Waals surface area contributed by atoms with E-state index < -0.39 is 5.97 Å². The molecule has 3 heterocycles. The van der Waals surface area contributed by atoms with Gasteiger partial charge in [-0.05, 0) is 55.9 Å². The van der Waals surface area contributed by atoms with Crippen LogP contribution in [-0.2, 0) is 7.05 Å². The fraction of sp³-hybridized carbons (Fsp3) is 0.440. The number of nitrogens with one attached hydrogen (secondary N) is 1. The molecule has 0 aliphatic carbocycles. The van der Waals surface area contributed by atoms with Crippen molar-refractivity contribution in [3.8, 4) is 0 Å². The summed E-state index contributed by atoms with van der Waals surface area (Å²) in [5.74, 6) is -0.515. The highest BCUT2D eigenvalue weighted by atomic mass is 35.5. The van der Waals surface area contributed by atoms with Crippen LogP contribution < -0.4 is 15.8 Å². The summed E-state index contributed by atoms with van der Waals surface area (Å²) in [6, 6.07) is 6.65. The summed E-state index contributed by atoms with van der Waals surface area (Å²) in [5.41, 5.74) is 2.74. The van der Waals surface area contributed by atoms with Gasteiger partial charge in [-0.25, -0.2) is 14.8 Å². The third kappa shape index (κ3) is 4.59. The van der Waals surface area contributed by atoms with Gasteiger partial charge < -0.3 is 15.3 Å². The number of carboxylic acid groups (broad SMARTS) is 1. The van der Waals surface area contributed by atoms with Gasteiger partial charge in [0.15, 0.2) is 5.69 Å². The number of carbonyl (C=O) groups is 1. The van der Waals surface area contributed by atoms with Crippen LogP contribution in [0.4, 0.5) is 11.6 Å². The molecule has 34 heavy (non-hydrogen) atoms. The quantitative estimate of drug-likeness (QED) is 0.503. The largest absolute Gasteiger partial charge is 0.476 e. The molecule has 0 amide bonds. The van der Waals surface area contributed by atoms with Gasteiger partial charge in [0.05, 0.1) is 22.6 Å². The molecular weight excluding hydrogens is 454 g/mol.